The Balaban J connectivity index is 1.45. The van der Waals surface area contributed by atoms with Crippen molar-refractivity contribution in [1.82, 2.24) is 10.2 Å². The van der Waals surface area contributed by atoms with Gasteiger partial charge in [-0.25, -0.2) is 4.79 Å². The highest BCUT2D eigenvalue weighted by Crippen LogP contribution is 2.20. The Labute approximate surface area is 167 Å². The number of likely N-dealkylation sites (tertiary alicyclic amines) is 1. The van der Waals surface area contributed by atoms with E-state index in [0.29, 0.717) is 18.9 Å². The van der Waals surface area contributed by atoms with E-state index in [2.05, 4.69) is 29.6 Å². The number of hydrogen-bond donors (Lipinski definition) is 1. The smallest absolute Gasteiger partial charge is 0.407 e. The molecule has 2 aromatic rings. The molecule has 1 fully saturated rings. The van der Waals surface area contributed by atoms with Crippen LogP contribution in [0, 0.1) is 5.92 Å². The first-order valence-corrected chi connectivity index (χ1v) is 10.0. The van der Waals surface area contributed by atoms with Crippen molar-refractivity contribution in [2.75, 3.05) is 19.6 Å². The van der Waals surface area contributed by atoms with Crippen molar-refractivity contribution in [2.24, 2.45) is 5.92 Å². The standard InChI is InChI=1S/C23H30N2O3/c1-23(2,3)28-22(27)24-16-17-10-12-25(13-11-17)21(26)15-18-8-9-19-6-4-5-7-20(19)14-18/h4-9,14,17H,10-13,15-16H2,1-3H3,(H,24,27). The molecule has 2 amide bonds. The van der Waals surface area contributed by atoms with Gasteiger partial charge in [0.15, 0.2) is 0 Å². The molecule has 5 nitrogen and oxygen atoms in total. The largest absolute Gasteiger partial charge is 0.444 e. The molecule has 1 saturated heterocycles. The zero-order chi connectivity index (χ0) is 20.1. The fraction of sp³-hybridized carbons (Fsp3) is 0.478. The van der Waals surface area contributed by atoms with Crippen molar-refractivity contribution in [3.63, 3.8) is 0 Å². The molecule has 1 N–H and O–H groups in total. The maximum Gasteiger partial charge on any atom is 0.407 e. The maximum absolute atomic E-state index is 12.7. The number of amides is 2. The normalized spacial score (nSPS) is 15.5. The van der Waals surface area contributed by atoms with Gasteiger partial charge >= 0.3 is 6.09 Å². The van der Waals surface area contributed by atoms with E-state index in [-0.39, 0.29) is 12.0 Å². The number of carbonyl (C=O) groups is 2. The lowest BCUT2D eigenvalue weighted by molar-refractivity contribution is -0.131. The summed E-state index contributed by atoms with van der Waals surface area (Å²) in [6, 6.07) is 14.4. The third-order valence-corrected chi connectivity index (χ3v) is 5.07. The summed E-state index contributed by atoms with van der Waals surface area (Å²) in [5, 5.41) is 5.20. The molecule has 2 aromatic carbocycles. The van der Waals surface area contributed by atoms with Gasteiger partial charge in [0.2, 0.25) is 5.91 Å². The molecule has 28 heavy (non-hydrogen) atoms. The molecular weight excluding hydrogens is 352 g/mol. The summed E-state index contributed by atoms with van der Waals surface area (Å²) in [5.74, 6) is 0.561. The van der Waals surface area contributed by atoms with Crippen molar-refractivity contribution in [1.29, 1.82) is 0 Å². The summed E-state index contributed by atoms with van der Waals surface area (Å²) in [6.07, 6.45) is 1.87. The summed E-state index contributed by atoms with van der Waals surface area (Å²) in [4.78, 5) is 26.4. The molecule has 1 heterocycles. The number of hydrogen-bond acceptors (Lipinski definition) is 3. The van der Waals surface area contributed by atoms with Crippen molar-refractivity contribution in [3.8, 4) is 0 Å². The molecule has 0 saturated carbocycles. The summed E-state index contributed by atoms with van der Waals surface area (Å²) in [6.45, 7) is 7.65. The van der Waals surface area contributed by atoms with Crippen LogP contribution in [-0.2, 0) is 16.0 Å². The second-order valence-corrected chi connectivity index (χ2v) is 8.57. The Bertz CT molecular complexity index is 833. The quantitative estimate of drug-likeness (QED) is 0.864. The molecule has 0 aromatic heterocycles. The Hall–Kier alpha value is -2.56. The molecule has 0 unspecified atom stereocenters. The Kier molecular flexibility index (Phi) is 6.22. The van der Waals surface area contributed by atoms with Gasteiger partial charge in [-0.1, -0.05) is 42.5 Å². The molecule has 0 spiro atoms. The van der Waals surface area contributed by atoms with Gasteiger partial charge in [-0.2, -0.15) is 0 Å². The second-order valence-electron chi connectivity index (χ2n) is 8.57. The SMILES string of the molecule is CC(C)(C)OC(=O)NCC1CCN(C(=O)Cc2ccc3ccccc3c2)CC1. The van der Waals surface area contributed by atoms with Gasteiger partial charge in [0.1, 0.15) is 5.60 Å². The predicted molar refractivity (Wildman–Crippen MR) is 111 cm³/mol. The number of nitrogens with zero attached hydrogens (tertiary/aromatic N) is 1. The van der Waals surface area contributed by atoms with Crippen LogP contribution in [0.4, 0.5) is 4.79 Å². The Morgan fingerprint density at radius 1 is 1.07 bits per heavy atom. The molecule has 0 atom stereocenters. The predicted octanol–water partition coefficient (Wildman–Crippen LogP) is 4.15. The van der Waals surface area contributed by atoms with Crippen LogP contribution in [-0.4, -0.2) is 42.1 Å². The Morgan fingerprint density at radius 2 is 1.75 bits per heavy atom. The van der Waals surface area contributed by atoms with Crippen molar-refractivity contribution >= 4 is 22.8 Å². The summed E-state index contributed by atoms with van der Waals surface area (Å²) >= 11 is 0. The third kappa shape index (κ3) is 5.72. The van der Waals surface area contributed by atoms with E-state index in [1.165, 1.54) is 10.8 Å². The van der Waals surface area contributed by atoms with E-state index in [1.807, 2.05) is 43.9 Å². The second kappa shape index (κ2) is 8.63. The van der Waals surface area contributed by atoms with E-state index in [1.54, 1.807) is 0 Å². The fourth-order valence-corrected chi connectivity index (χ4v) is 3.56. The highest BCUT2D eigenvalue weighted by Gasteiger charge is 2.24. The number of ether oxygens (including phenoxy) is 1. The van der Waals surface area contributed by atoms with Crippen molar-refractivity contribution < 1.29 is 14.3 Å². The lowest BCUT2D eigenvalue weighted by atomic mass is 9.96. The number of piperidine rings is 1. The molecule has 1 aliphatic heterocycles. The van der Waals surface area contributed by atoms with Crippen LogP contribution in [0.25, 0.3) is 10.8 Å². The highest BCUT2D eigenvalue weighted by atomic mass is 16.6. The van der Waals surface area contributed by atoms with Crippen molar-refractivity contribution in [3.05, 3.63) is 48.0 Å². The zero-order valence-corrected chi connectivity index (χ0v) is 17.0. The molecule has 0 radical (unpaired) electrons. The third-order valence-electron chi connectivity index (χ3n) is 5.07. The average molecular weight is 383 g/mol. The zero-order valence-electron chi connectivity index (χ0n) is 17.0. The topological polar surface area (TPSA) is 58.6 Å². The van der Waals surface area contributed by atoms with Gasteiger partial charge in [0.05, 0.1) is 6.42 Å². The van der Waals surface area contributed by atoms with Crippen LogP contribution in [0.2, 0.25) is 0 Å². The minimum absolute atomic E-state index is 0.175. The minimum Gasteiger partial charge on any atom is -0.444 e. The highest BCUT2D eigenvalue weighted by molar-refractivity contribution is 5.85. The van der Waals surface area contributed by atoms with Gasteiger partial charge in [-0.3, -0.25) is 4.79 Å². The lowest BCUT2D eigenvalue weighted by Crippen LogP contribution is -2.42. The van der Waals surface area contributed by atoms with E-state index in [4.69, 9.17) is 4.74 Å². The lowest BCUT2D eigenvalue weighted by Gasteiger charge is -2.32. The molecule has 1 aliphatic rings. The van der Waals surface area contributed by atoms with E-state index in [9.17, 15) is 9.59 Å². The van der Waals surface area contributed by atoms with E-state index < -0.39 is 5.60 Å². The van der Waals surface area contributed by atoms with Crippen LogP contribution in [0.15, 0.2) is 42.5 Å². The number of carbonyl (C=O) groups excluding carboxylic acids is 2. The first kappa shape index (κ1) is 20.2. The summed E-state index contributed by atoms with van der Waals surface area (Å²) < 4.78 is 5.27. The monoisotopic (exact) mass is 382 g/mol. The summed E-state index contributed by atoms with van der Waals surface area (Å²) in [7, 11) is 0. The van der Waals surface area contributed by atoms with Gasteiger partial charge in [-0.05, 0) is 55.9 Å². The van der Waals surface area contributed by atoms with E-state index >= 15 is 0 Å². The number of fused-ring (bicyclic) bond motifs is 1. The number of rotatable bonds is 4. The van der Waals surface area contributed by atoms with Crippen LogP contribution >= 0.6 is 0 Å². The van der Waals surface area contributed by atoms with Gasteiger partial charge in [0.25, 0.3) is 0 Å². The Morgan fingerprint density at radius 3 is 2.43 bits per heavy atom. The summed E-state index contributed by atoms with van der Waals surface area (Å²) in [5.41, 5.74) is 0.570. The van der Waals surface area contributed by atoms with Crippen LogP contribution in [0.1, 0.15) is 39.2 Å². The first-order valence-electron chi connectivity index (χ1n) is 10.0. The molecule has 150 valence electrons. The number of benzene rings is 2. The molecule has 3 rings (SSSR count). The van der Waals surface area contributed by atoms with Crippen LogP contribution in [0.3, 0.4) is 0 Å². The molecule has 0 aliphatic carbocycles. The minimum atomic E-state index is -0.484. The molecule has 0 bridgehead atoms. The number of alkyl carbamates (subject to hydrolysis) is 1. The van der Waals surface area contributed by atoms with Gasteiger partial charge < -0.3 is 15.0 Å². The maximum atomic E-state index is 12.7. The van der Waals surface area contributed by atoms with Crippen LogP contribution in [0.5, 0.6) is 0 Å². The number of nitrogens with one attached hydrogen (secondary N) is 1. The van der Waals surface area contributed by atoms with Crippen molar-refractivity contribution in [2.45, 2.75) is 45.6 Å². The first-order chi connectivity index (χ1) is 13.3. The molecule has 5 heteroatoms. The van der Waals surface area contributed by atoms with Crippen LogP contribution < -0.4 is 5.32 Å². The average Bonchev–Trinajstić information content (AvgIpc) is 2.65. The van der Waals surface area contributed by atoms with Gasteiger partial charge in [-0.15, -0.1) is 0 Å². The fourth-order valence-electron chi connectivity index (χ4n) is 3.56. The van der Waals surface area contributed by atoms with E-state index in [0.717, 1.165) is 31.5 Å². The molecular formula is C23H30N2O3. The van der Waals surface area contributed by atoms with Gasteiger partial charge in [0, 0.05) is 19.6 Å².